The minimum atomic E-state index is -1.14. The van der Waals surface area contributed by atoms with Gasteiger partial charge in [-0.15, -0.1) is 0 Å². The van der Waals surface area contributed by atoms with Gasteiger partial charge in [0.1, 0.15) is 12.3 Å². The highest BCUT2D eigenvalue weighted by atomic mass is 16.4. The van der Waals surface area contributed by atoms with Gasteiger partial charge in [0.2, 0.25) is 5.91 Å². The van der Waals surface area contributed by atoms with Gasteiger partial charge in [-0.25, -0.2) is 9.59 Å². The molecule has 0 unspecified atom stereocenters. The average Bonchev–Trinajstić information content (AvgIpc) is 3.14. The average molecular weight is 337 g/mol. The first-order valence-electron chi connectivity index (χ1n) is 7.75. The topological polar surface area (TPSA) is 124 Å². The minimum absolute atomic E-state index is 0.139. The lowest BCUT2D eigenvalue weighted by atomic mass is 9.76. The molecule has 24 heavy (non-hydrogen) atoms. The maximum absolute atomic E-state index is 11.7. The number of carboxylic acid groups (broad SMARTS) is 2. The van der Waals surface area contributed by atoms with Crippen molar-refractivity contribution in [3.63, 3.8) is 0 Å². The van der Waals surface area contributed by atoms with Crippen molar-refractivity contribution >= 4 is 23.9 Å². The first-order valence-corrected chi connectivity index (χ1v) is 7.75. The summed E-state index contributed by atoms with van der Waals surface area (Å²) in [5, 5.41) is 18.2. The Balaban J connectivity index is 1.69. The summed E-state index contributed by atoms with van der Waals surface area (Å²) in [5.74, 6) is -2.33. The van der Waals surface area contributed by atoms with Gasteiger partial charge in [-0.3, -0.25) is 4.79 Å². The summed E-state index contributed by atoms with van der Waals surface area (Å²) in [6, 6.07) is -0.507. The largest absolute Gasteiger partial charge is 0.480 e. The lowest BCUT2D eigenvalue weighted by Crippen LogP contribution is -2.42. The van der Waals surface area contributed by atoms with E-state index in [4.69, 9.17) is 9.52 Å². The second kappa shape index (κ2) is 5.81. The Morgan fingerprint density at radius 3 is 2.42 bits per heavy atom. The summed E-state index contributed by atoms with van der Waals surface area (Å²) in [7, 11) is 0. The Bertz CT molecular complexity index is 653. The van der Waals surface area contributed by atoms with Gasteiger partial charge in [-0.05, 0) is 24.7 Å². The second-order valence-corrected chi connectivity index (χ2v) is 6.51. The zero-order chi connectivity index (χ0) is 17.5. The summed E-state index contributed by atoms with van der Waals surface area (Å²) in [5.41, 5.74) is -0.354. The van der Waals surface area contributed by atoms with Crippen LogP contribution >= 0.6 is 0 Å². The molecule has 1 aromatic rings. The van der Waals surface area contributed by atoms with Crippen LogP contribution in [0.3, 0.4) is 0 Å². The smallest absolute Gasteiger partial charge is 0.357 e. The van der Waals surface area contributed by atoms with Gasteiger partial charge in [0.05, 0.1) is 0 Å². The van der Waals surface area contributed by atoms with Crippen LogP contribution < -0.4 is 4.90 Å². The zero-order valence-electron chi connectivity index (χ0n) is 13.3. The third kappa shape index (κ3) is 2.81. The van der Waals surface area contributed by atoms with E-state index in [0.717, 1.165) is 6.26 Å². The fraction of sp³-hybridized carbons (Fsp3) is 0.600. The van der Waals surface area contributed by atoms with Gasteiger partial charge in [0.15, 0.2) is 5.69 Å². The number of likely N-dealkylation sites (tertiary alicyclic amines) is 1. The number of aliphatic carboxylic acids is 1. The normalized spacial score (nSPS) is 22.8. The number of piperidine rings is 1. The van der Waals surface area contributed by atoms with E-state index in [1.807, 2.05) is 4.90 Å². The van der Waals surface area contributed by atoms with Gasteiger partial charge >= 0.3 is 11.9 Å². The maximum atomic E-state index is 11.7. The van der Waals surface area contributed by atoms with Crippen molar-refractivity contribution in [2.24, 2.45) is 5.41 Å². The van der Waals surface area contributed by atoms with E-state index in [1.165, 1.54) is 11.8 Å². The van der Waals surface area contributed by atoms with Gasteiger partial charge in [-0.1, -0.05) is 0 Å². The number of hydrogen-bond donors (Lipinski definition) is 2. The van der Waals surface area contributed by atoms with Crippen LogP contribution in [0.25, 0.3) is 0 Å². The van der Waals surface area contributed by atoms with E-state index >= 15 is 0 Å². The lowest BCUT2D eigenvalue weighted by molar-refractivity contribution is -0.147. The molecule has 1 spiro atoms. The summed E-state index contributed by atoms with van der Waals surface area (Å²) in [4.78, 5) is 41.2. The monoisotopic (exact) mass is 337 g/mol. The standard InChI is InChI=1S/C15H19N3O6/c1-9(19)18-8-15(6-11(18)13(22)23)2-4-17(5-3-15)14-16-10(7-24-14)12(20)21/h7,11H,2-6,8H2,1H3,(H,20,21)(H,22,23)/t11-/m1/s1. The molecule has 3 rings (SSSR count). The number of rotatable bonds is 3. The highest BCUT2D eigenvalue weighted by Gasteiger charge is 2.49. The summed E-state index contributed by atoms with van der Waals surface area (Å²) < 4.78 is 5.21. The number of carboxylic acids is 2. The van der Waals surface area contributed by atoms with Gasteiger partial charge in [-0.2, -0.15) is 4.98 Å². The Morgan fingerprint density at radius 1 is 1.29 bits per heavy atom. The Labute approximate surface area is 137 Å². The fourth-order valence-electron chi connectivity index (χ4n) is 3.65. The van der Waals surface area contributed by atoms with Gasteiger partial charge < -0.3 is 24.4 Å². The lowest BCUT2D eigenvalue weighted by Gasteiger charge is -2.38. The first kappa shape index (κ1) is 16.3. The van der Waals surface area contributed by atoms with Crippen molar-refractivity contribution in [3.05, 3.63) is 12.0 Å². The molecule has 2 N–H and O–H groups in total. The molecule has 2 saturated heterocycles. The maximum Gasteiger partial charge on any atom is 0.357 e. The van der Waals surface area contributed by atoms with Crippen LogP contribution in [-0.2, 0) is 9.59 Å². The van der Waals surface area contributed by atoms with E-state index in [0.29, 0.717) is 38.9 Å². The fourth-order valence-corrected chi connectivity index (χ4v) is 3.65. The van der Waals surface area contributed by atoms with Crippen LogP contribution in [-0.4, -0.2) is 63.6 Å². The summed E-state index contributed by atoms with van der Waals surface area (Å²) >= 11 is 0. The van der Waals surface area contributed by atoms with Crippen molar-refractivity contribution < 1.29 is 29.0 Å². The van der Waals surface area contributed by atoms with Gasteiger partial charge in [0, 0.05) is 26.6 Å². The van der Waals surface area contributed by atoms with Crippen molar-refractivity contribution in [1.29, 1.82) is 0 Å². The molecule has 0 aliphatic carbocycles. The van der Waals surface area contributed by atoms with E-state index in [1.54, 1.807) is 0 Å². The van der Waals surface area contributed by atoms with E-state index in [-0.39, 0.29) is 23.0 Å². The first-order chi connectivity index (χ1) is 11.3. The van der Waals surface area contributed by atoms with E-state index in [2.05, 4.69) is 4.98 Å². The number of oxazole rings is 1. The number of aromatic nitrogens is 1. The van der Waals surface area contributed by atoms with E-state index < -0.39 is 18.0 Å². The molecule has 130 valence electrons. The minimum Gasteiger partial charge on any atom is -0.480 e. The number of aromatic carboxylic acids is 1. The van der Waals surface area contributed by atoms with Crippen LogP contribution in [0.2, 0.25) is 0 Å². The van der Waals surface area contributed by atoms with Crippen molar-refractivity contribution in [3.8, 4) is 0 Å². The quantitative estimate of drug-likeness (QED) is 0.824. The third-order valence-electron chi connectivity index (χ3n) is 5.00. The number of carbonyl (C=O) groups excluding carboxylic acids is 1. The van der Waals surface area contributed by atoms with Crippen molar-refractivity contribution in [2.45, 2.75) is 32.2 Å². The van der Waals surface area contributed by atoms with Crippen molar-refractivity contribution in [1.82, 2.24) is 9.88 Å². The van der Waals surface area contributed by atoms with Crippen LogP contribution in [0, 0.1) is 5.41 Å². The molecule has 9 heteroatoms. The molecule has 1 amide bonds. The molecule has 2 fully saturated rings. The number of carbonyl (C=O) groups is 3. The third-order valence-corrected chi connectivity index (χ3v) is 5.00. The molecular formula is C15H19N3O6. The molecule has 0 aromatic carbocycles. The zero-order valence-corrected chi connectivity index (χ0v) is 13.3. The molecule has 9 nitrogen and oxygen atoms in total. The SMILES string of the molecule is CC(=O)N1CC2(CCN(c3nc(C(=O)O)co3)CC2)C[C@@H]1C(=O)O. The Hall–Kier alpha value is -2.58. The highest BCUT2D eigenvalue weighted by Crippen LogP contribution is 2.44. The molecular weight excluding hydrogens is 318 g/mol. The summed E-state index contributed by atoms with van der Waals surface area (Å²) in [6.45, 7) is 3.00. The molecule has 1 atom stereocenters. The molecule has 3 heterocycles. The van der Waals surface area contributed by atoms with Crippen LogP contribution in [0.1, 0.15) is 36.7 Å². The van der Waals surface area contributed by atoms with Crippen LogP contribution in [0.15, 0.2) is 10.7 Å². The number of nitrogens with zero attached hydrogens (tertiary/aromatic N) is 3. The molecule has 1 aromatic heterocycles. The molecule has 2 aliphatic rings. The Kier molecular flexibility index (Phi) is 3.94. The summed E-state index contributed by atoms with van der Waals surface area (Å²) in [6.07, 6.45) is 2.95. The molecule has 2 aliphatic heterocycles. The molecule has 0 radical (unpaired) electrons. The second-order valence-electron chi connectivity index (χ2n) is 6.51. The van der Waals surface area contributed by atoms with Gasteiger partial charge in [0.25, 0.3) is 6.01 Å². The molecule has 0 saturated carbocycles. The van der Waals surface area contributed by atoms with Crippen molar-refractivity contribution in [2.75, 3.05) is 24.5 Å². The Morgan fingerprint density at radius 2 is 1.96 bits per heavy atom. The number of amides is 1. The number of hydrogen-bond acceptors (Lipinski definition) is 6. The number of anilines is 1. The molecule has 0 bridgehead atoms. The predicted octanol–water partition coefficient (Wildman–Crippen LogP) is 0.665. The van der Waals surface area contributed by atoms with Crippen LogP contribution in [0.5, 0.6) is 0 Å². The van der Waals surface area contributed by atoms with E-state index in [9.17, 15) is 19.5 Å². The highest BCUT2D eigenvalue weighted by molar-refractivity contribution is 5.85. The predicted molar refractivity (Wildman–Crippen MR) is 80.8 cm³/mol. The van der Waals surface area contributed by atoms with Crippen LogP contribution in [0.4, 0.5) is 6.01 Å².